The molecule has 13 heteroatoms. The van der Waals surface area contributed by atoms with Crippen LogP contribution < -0.4 is 15.4 Å². The third-order valence-corrected chi connectivity index (χ3v) is 4.17. The number of halogens is 7. The number of amides is 2. The van der Waals surface area contributed by atoms with Crippen molar-refractivity contribution in [3.05, 3.63) is 59.7 Å². The normalized spacial score (nSPS) is 13.0. The van der Waals surface area contributed by atoms with Gasteiger partial charge in [-0.2, -0.15) is 22.0 Å². The number of benzene rings is 2. The van der Waals surface area contributed by atoms with Crippen molar-refractivity contribution >= 4 is 11.7 Å². The summed E-state index contributed by atoms with van der Waals surface area (Å²) in [7, 11) is 0. The van der Waals surface area contributed by atoms with Crippen molar-refractivity contribution in [2.24, 2.45) is 0 Å². The van der Waals surface area contributed by atoms with Gasteiger partial charge in [-0.15, -0.1) is 0 Å². The average Bonchev–Trinajstić information content (AvgIpc) is 2.76. The second-order valence-electron chi connectivity index (χ2n) is 7.08. The van der Waals surface area contributed by atoms with E-state index >= 15 is 0 Å². The number of alkyl halides is 7. The number of ether oxygens (including phenoxy) is 2. The molecule has 2 aromatic carbocycles. The molecule has 2 amide bonds. The van der Waals surface area contributed by atoms with Crippen LogP contribution in [-0.4, -0.2) is 49.3 Å². The lowest BCUT2D eigenvalue weighted by Crippen LogP contribution is -2.37. The lowest BCUT2D eigenvalue weighted by Gasteiger charge is -2.16. The Morgan fingerprint density at radius 1 is 1.03 bits per heavy atom. The minimum atomic E-state index is -4.54. The number of rotatable bonds is 11. The number of nitrogens with one attached hydrogen (secondary N) is 2. The molecule has 0 saturated carbocycles. The van der Waals surface area contributed by atoms with E-state index in [1.165, 1.54) is 30.3 Å². The molecule has 0 radical (unpaired) electrons. The molecule has 0 aliphatic carbocycles. The first kappa shape index (κ1) is 27.2. The summed E-state index contributed by atoms with van der Waals surface area (Å²) in [4.78, 5) is 12.0. The lowest BCUT2D eigenvalue weighted by molar-refractivity contribution is -0.168. The predicted octanol–water partition coefficient (Wildman–Crippen LogP) is 4.68. The molecule has 6 nitrogen and oxygen atoms in total. The first-order valence-corrected chi connectivity index (χ1v) is 9.72. The Kier molecular flexibility index (Phi) is 9.50. The van der Waals surface area contributed by atoms with Crippen LogP contribution in [0.3, 0.4) is 0 Å². The van der Waals surface area contributed by atoms with Gasteiger partial charge in [-0.25, -0.2) is 13.6 Å². The van der Waals surface area contributed by atoms with Gasteiger partial charge in [-0.3, -0.25) is 0 Å². The molecule has 3 N–H and O–H groups in total. The molecule has 0 heterocycles. The first-order valence-electron chi connectivity index (χ1n) is 9.72. The van der Waals surface area contributed by atoms with Crippen LogP contribution in [0.4, 0.5) is 41.2 Å². The molecule has 0 saturated heterocycles. The number of carbonyl (C=O) groups is 1. The molecule has 0 aromatic heterocycles. The molecule has 0 aliphatic rings. The molecule has 188 valence electrons. The van der Waals surface area contributed by atoms with Crippen molar-refractivity contribution in [1.82, 2.24) is 5.32 Å². The van der Waals surface area contributed by atoms with Gasteiger partial charge in [0.1, 0.15) is 25.1 Å². The molecule has 0 bridgehead atoms. The summed E-state index contributed by atoms with van der Waals surface area (Å²) in [5, 5.41) is 14.6. The molecular weight excluding hydrogens is 477 g/mol. The van der Waals surface area contributed by atoms with E-state index in [2.05, 4.69) is 15.4 Å². The fourth-order valence-corrected chi connectivity index (χ4v) is 2.51. The summed E-state index contributed by atoms with van der Waals surface area (Å²) in [6.45, 7) is -2.55. The zero-order valence-corrected chi connectivity index (χ0v) is 17.4. The third-order valence-electron chi connectivity index (χ3n) is 4.17. The minimum absolute atomic E-state index is 0.108. The highest BCUT2D eigenvalue weighted by Gasteiger charge is 2.40. The van der Waals surface area contributed by atoms with E-state index in [1.807, 2.05) is 0 Å². The van der Waals surface area contributed by atoms with Gasteiger partial charge in [0, 0.05) is 12.2 Å². The monoisotopic (exact) mass is 498 g/mol. The fraction of sp³-hybridized carbons (Fsp3) is 0.381. The second kappa shape index (κ2) is 11.9. The van der Waals surface area contributed by atoms with Crippen LogP contribution in [0.2, 0.25) is 0 Å². The number of carbonyl (C=O) groups excluding carboxylic acids is 1. The van der Waals surface area contributed by atoms with Crippen LogP contribution >= 0.6 is 0 Å². The van der Waals surface area contributed by atoms with Gasteiger partial charge in [-0.05, 0) is 35.9 Å². The zero-order valence-electron chi connectivity index (χ0n) is 17.4. The fourth-order valence-electron chi connectivity index (χ4n) is 2.51. The van der Waals surface area contributed by atoms with Gasteiger partial charge in [0.2, 0.25) is 0 Å². The third kappa shape index (κ3) is 9.06. The standard InChI is InChI=1S/C21H21F7N2O4/c22-18(23)20(24,25)12-33-10-13-3-1-5-15(7-13)30-19(32)29-9-16(31)11-34-17-6-2-4-14(8-17)21(26,27)28/h1-8,16,18,31H,9-12H2,(H2,29,30,32). The Balaban J connectivity index is 1.76. The summed E-state index contributed by atoms with van der Waals surface area (Å²) in [5.41, 5.74) is -0.348. The number of aliphatic hydroxyl groups excluding tert-OH is 1. The van der Waals surface area contributed by atoms with Crippen LogP contribution in [0.25, 0.3) is 0 Å². The Morgan fingerprint density at radius 3 is 2.41 bits per heavy atom. The van der Waals surface area contributed by atoms with Gasteiger partial charge >= 0.3 is 24.6 Å². The van der Waals surface area contributed by atoms with E-state index in [0.29, 0.717) is 5.56 Å². The quantitative estimate of drug-likeness (QED) is 0.393. The minimum Gasteiger partial charge on any atom is -0.491 e. The molecule has 2 aromatic rings. The molecule has 0 spiro atoms. The highest BCUT2D eigenvalue weighted by atomic mass is 19.4. The smallest absolute Gasteiger partial charge is 0.416 e. The van der Waals surface area contributed by atoms with Gasteiger partial charge in [0.15, 0.2) is 0 Å². The Hall–Kier alpha value is -3.06. The van der Waals surface area contributed by atoms with E-state index in [4.69, 9.17) is 4.74 Å². The summed E-state index contributed by atoms with van der Waals surface area (Å²) >= 11 is 0. The van der Waals surface area contributed by atoms with Crippen molar-refractivity contribution in [2.45, 2.75) is 31.2 Å². The first-order chi connectivity index (χ1) is 15.9. The van der Waals surface area contributed by atoms with Crippen molar-refractivity contribution in [3.63, 3.8) is 0 Å². The van der Waals surface area contributed by atoms with Crippen LogP contribution in [0.5, 0.6) is 5.75 Å². The SMILES string of the molecule is O=C(NCC(O)COc1cccc(C(F)(F)F)c1)Nc1cccc(COCC(F)(F)C(F)F)c1. The predicted molar refractivity (Wildman–Crippen MR) is 107 cm³/mol. The van der Waals surface area contributed by atoms with Gasteiger partial charge in [0.25, 0.3) is 0 Å². The topological polar surface area (TPSA) is 79.8 Å². The van der Waals surface area contributed by atoms with Crippen LogP contribution in [0.1, 0.15) is 11.1 Å². The van der Waals surface area contributed by atoms with E-state index in [9.17, 15) is 40.6 Å². The molecule has 1 unspecified atom stereocenters. The summed E-state index contributed by atoms with van der Waals surface area (Å²) in [6.07, 6.45) is -9.63. The van der Waals surface area contributed by atoms with E-state index in [-0.39, 0.29) is 18.0 Å². The second-order valence-corrected chi connectivity index (χ2v) is 7.08. The number of urea groups is 1. The number of anilines is 1. The largest absolute Gasteiger partial charge is 0.491 e. The molecule has 1 atom stereocenters. The Morgan fingerprint density at radius 2 is 1.74 bits per heavy atom. The molecule has 34 heavy (non-hydrogen) atoms. The van der Waals surface area contributed by atoms with Crippen LogP contribution in [0, 0.1) is 0 Å². The van der Waals surface area contributed by atoms with Gasteiger partial charge in [0.05, 0.1) is 12.2 Å². The van der Waals surface area contributed by atoms with Crippen molar-refractivity contribution in [1.29, 1.82) is 0 Å². The highest BCUT2D eigenvalue weighted by Crippen LogP contribution is 2.31. The maximum atomic E-state index is 12.9. The zero-order chi connectivity index (χ0) is 25.4. The average molecular weight is 498 g/mol. The maximum Gasteiger partial charge on any atom is 0.416 e. The van der Waals surface area contributed by atoms with E-state index in [1.54, 1.807) is 0 Å². The van der Waals surface area contributed by atoms with E-state index in [0.717, 1.165) is 18.2 Å². The number of hydrogen-bond acceptors (Lipinski definition) is 4. The molecule has 0 aliphatic heterocycles. The lowest BCUT2D eigenvalue weighted by atomic mass is 10.2. The van der Waals surface area contributed by atoms with Crippen LogP contribution in [0.15, 0.2) is 48.5 Å². The van der Waals surface area contributed by atoms with E-state index < -0.39 is 56.0 Å². The highest BCUT2D eigenvalue weighted by molar-refractivity contribution is 5.89. The Bertz CT molecular complexity index is 941. The molecular formula is C21H21F7N2O4. The van der Waals surface area contributed by atoms with Crippen molar-refractivity contribution < 1.29 is 50.1 Å². The van der Waals surface area contributed by atoms with Gasteiger partial charge in [-0.1, -0.05) is 18.2 Å². The summed E-state index contributed by atoms with van der Waals surface area (Å²) < 4.78 is 97.7. The Labute approximate surface area is 189 Å². The molecule has 0 fully saturated rings. The number of hydrogen-bond donors (Lipinski definition) is 3. The number of aliphatic hydroxyl groups is 1. The van der Waals surface area contributed by atoms with Crippen molar-refractivity contribution in [3.8, 4) is 5.75 Å². The summed E-state index contributed by atoms with van der Waals surface area (Å²) in [5.74, 6) is -4.38. The van der Waals surface area contributed by atoms with Gasteiger partial charge < -0.3 is 25.2 Å². The molecule has 2 rings (SSSR count). The van der Waals surface area contributed by atoms with Crippen molar-refractivity contribution in [2.75, 3.05) is 25.1 Å². The van der Waals surface area contributed by atoms with Crippen LogP contribution in [-0.2, 0) is 17.5 Å². The maximum absolute atomic E-state index is 12.9. The summed E-state index contributed by atoms with van der Waals surface area (Å²) in [6, 6.07) is 9.11.